The molecule has 6 heteroatoms. The van der Waals surface area contributed by atoms with Crippen molar-refractivity contribution in [3.05, 3.63) is 36.0 Å². The largest absolute Gasteiger partial charge is 0.368 e. The van der Waals surface area contributed by atoms with Gasteiger partial charge in [0.25, 0.3) is 5.91 Å². The first-order valence-electron chi connectivity index (χ1n) is 6.99. The summed E-state index contributed by atoms with van der Waals surface area (Å²) in [5, 5.41) is 1.01. The van der Waals surface area contributed by atoms with Gasteiger partial charge in [0.05, 0.1) is 6.42 Å². The van der Waals surface area contributed by atoms with E-state index in [0.29, 0.717) is 13.0 Å². The van der Waals surface area contributed by atoms with E-state index in [1.165, 1.54) is 0 Å². The minimum atomic E-state index is -0.446. The van der Waals surface area contributed by atoms with Gasteiger partial charge in [-0.3, -0.25) is 20.4 Å². The molecule has 6 nitrogen and oxygen atoms in total. The maximum atomic E-state index is 11.9. The molecule has 1 aromatic heterocycles. The number of amides is 2. The number of para-hydroxylation sites is 1. The lowest BCUT2D eigenvalue weighted by Crippen LogP contribution is -2.46. The third-order valence-corrected chi connectivity index (χ3v) is 3.57. The van der Waals surface area contributed by atoms with Crippen LogP contribution in [-0.4, -0.2) is 29.5 Å². The molecule has 2 amide bonds. The summed E-state index contributed by atoms with van der Waals surface area (Å²) >= 11 is 0. The Bertz CT molecular complexity index is 659. The second-order valence-corrected chi connectivity index (χ2v) is 5.08. The number of ether oxygens (including phenoxy) is 1. The van der Waals surface area contributed by atoms with Gasteiger partial charge in [-0.2, -0.15) is 0 Å². The molecule has 0 radical (unpaired) electrons. The smallest absolute Gasteiger partial charge is 0.267 e. The third kappa shape index (κ3) is 3.05. The van der Waals surface area contributed by atoms with Crippen molar-refractivity contribution >= 4 is 22.7 Å². The zero-order valence-electron chi connectivity index (χ0n) is 11.5. The van der Waals surface area contributed by atoms with Crippen molar-refractivity contribution in [2.45, 2.75) is 25.4 Å². The molecular weight excluding hydrogens is 270 g/mol. The van der Waals surface area contributed by atoms with Crippen molar-refractivity contribution in [3.63, 3.8) is 0 Å². The average molecular weight is 287 g/mol. The molecule has 1 aliphatic rings. The molecule has 110 valence electrons. The molecule has 1 aliphatic heterocycles. The quantitative estimate of drug-likeness (QED) is 0.737. The molecule has 2 aromatic rings. The first-order valence-corrected chi connectivity index (χ1v) is 6.99. The first kappa shape index (κ1) is 13.6. The van der Waals surface area contributed by atoms with Gasteiger partial charge in [-0.15, -0.1) is 0 Å². The summed E-state index contributed by atoms with van der Waals surface area (Å²) in [5.74, 6) is -0.550. The molecule has 0 saturated carbocycles. The van der Waals surface area contributed by atoms with E-state index >= 15 is 0 Å². The van der Waals surface area contributed by atoms with Crippen LogP contribution in [0.5, 0.6) is 0 Å². The Hall–Kier alpha value is -2.34. The number of H-pyrrole nitrogens is 1. The summed E-state index contributed by atoms with van der Waals surface area (Å²) in [6.45, 7) is 0.599. The number of fused-ring (bicyclic) bond motifs is 1. The number of aromatic nitrogens is 1. The van der Waals surface area contributed by atoms with E-state index in [1.807, 2.05) is 30.5 Å². The molecule has 3 rings (SSSR count). The number of aromatic amines is 1. The highest BCUT2D eigenvalue weighted by molar-refractivity contribution is 5.90. The molecule has 0 spiro atoms. The second kappa shape index (κ2) is 5.97. The normalized spacial score (nSPS) is 17.8. The zero-order chi connectivity index (χ0) is 14.7. The number of hydrogen-bond acceptors (Lipinski definition) is 3. The van der Waals surface area contributed by atoms with Crippen LogP contribution in [0.4, 0.5) is 0 Å². The van der Waals surface area contributed by atoms with E-state index < -0.39 is 6.10 Å². The summed E-state index contributed by atoms with van der Waals surface area (Å²) in [6.07, 6.45) is 3.14. The number of carbonyl (C=O) groups is 2. The molecule has 3 N–H and O–H groups in total. The third-order valence-electron chi connectivity index (χ3n) is 3.57. The Morgan fingerprint density at radius 2 is 2.14 bits per heavy atom. The fourth-order valence-electron chi connectivity index (χ4n) is 2.49. The van der Waals surface area contributed by atoms with Crippen LogP contribution in [-0.2, 0) is 20.7 Å². The molecular formula is C15H17N3O3. The van der Waals surface area contributed by atoms with Gasteiger partial charge < -0.3 is 9.72 Å². The molecule has 0 aliphatic carbocycles. The predicted molar refractivity (Wildman–Crippen MR) is 77.3 cm³/mol. The first-order chi connectivity index (χ1) is 10.2. The molecule has 1 saturated heterocycles. The van der Waals surface area contributed by atoms with E-state index in [1.54, 1.807) is 0 Å². The summed E-state index contributed by atoms with van der Waals surface area (Å²) < 4.78 is 5.24. The highest BCUT2D eigenvalue weighted by atomic mass is 16.5. The van der Waals surface area contributed by atoms with Crippen molar-refractivity contribution < 1.29 is 14.3 Å². The highest BCUT2D eigenvalue weighted by Gasteiger charge is 2.23. The van der Waals surface area contributed by atoms with E-state index in [4.69, 9.17) is 4.74 Å². The molecule has 1 aromatic carbocycles. The van der Waals surface area contributed by atoms with Crippen LogP contribution in [0.15, 0.2) is 30.5 Å². The number of nitrogens with one attached hydrogen (secondary N) is 3. The minimum absolute atomic E-state index is 0.204. The van der Waals surface area contributed by atoms with E-state index in [-0.39, 0.29) is 18.2 Å². The predicted octanol–water partition coefficient (Wildman–Crippen LogP) is 1.04. The molecule has 1 fully saturated rings. The van der Waals surface area contributed by atoms with Gasteiger partial charge >= 0.3 is 0 Å². The van der Waals surface area contributed by atoms with Crippen molar-refractivity contribution in [1.29, 1.82) is 0 Å². The van der Waals surface area contributed by atoms with Gasteiger partial charge in [0.15, 0.2) is 0 Å². The van der Waals surface area contributed by atoms with Crippen LogP contribution in [0.25, 0.3) is 10.9 Å². The number of hydrogen-bond donors (Lipinski definition) is 3. The molecule has 2 heterocycles. The Morgan fingerprint density at radius 1 is 1.29 bits per heavy atom. The fourth-order valence-corrected chi connectivity index (χ4v) is 2.49. The van der Waals surface area contributed by atoms with Gasteiger partial charge in [-0.1, -0.05) is 18.2 Å². The number of carbonyl (C=O) groups excluding carboxylic acids is 2. The van der Waals surface area contributed by atoms with Crippen LogP contribution in [0.1, 0.15) is 18.4 Å². The zero-order valence-corrected chi connectivity index (χ0v) is 11.5. The molecule has 0 bridgehead atoms. The lowest BCUT2D eigenvalue weighted by molar-refractivity contribution is -0.134. The van der Waals surface area contributed by atoms with Crippen molar-refractivity contribution in [1.82, 2.24) is 15.8 Å². The minimum Gasteiger partial charge on any atom is -0.368 e. The van der Waals surface area contributed by atoms with Gasteiger partial charge in [0.1, 0.15) is 6.10 Å². The van der Waals surface area contributed by atoms with Gasteiger partial charge in [0, 0.05) is 23.7 Å². The summed E-state index contributed by atoms with van der Waals surface area (Å²) in [7, 11) is 0. The average Bonchev–Trinajstić information content (AvgIpc) is 3.15. The number of hydrazine groups is 1. The highest BCUT2D eigenvalue weighted by Crippen LogP contribution is 2.17. The van der Waals surface area contributed by atoms with Crippen molar-refractivity contribution in [2.24, 2.45) is 0 Å². The monoisotopic (exact) mass is 287 g/mol. The van der Waals surface area contributed by atoms with Crippen LogP contribution in [0, 0.1) is 0 Å². The van der Waals surface area contributed by atoms with Crippen molar-refractivity contribution in [2.75, 3.05) is 6.61 Å². The molecule has 1 atom stereocenters. The topological polar surface area (TPSA) is 83.2 Å². The Kier molecular flexibility index (Phi) is 3.87. The summed E-state index contributed by atoms with van der Waals surface area (Å²) in [4.78, 5) is 26.7. The number of benzene rings is 1. The van der Waals surface area contributed by atoms with Crippen LogP contribution in [0.3, 0.4) is 0 Å². The Labute approximate surface area is 121 Å². The summed E-state index contributed by atoms with van der Waals surface area (Å²) in [6, 6.07) is 7.77. The Morgan fingerprint density at radius 3 is 2.95 bits per heavy atom. The van der Waals surface area contributed by atoms with Crippen LogP contribution >= 0.6 is 0 Å². The van der Waals surface area contributed by atoms with E-state index in [0.717, 1.165) is 22.9 Å². The Balaban J connectivity index is 1.55. The number of rotatable bonds is 3. The van der Waals surface area contributed by atoms with Crippen LogP contribution in [0.2, 0.25) is 0 Å². The van der Waals surface area contributed by atoms with Crippen molar-refractivity contribution in [3.8, 4) is 0 Å². The SMILES string of the molecule is O=C(Cc1c[nH]c2ccccc12)NNC(=O)C1CCCO1. The van der Waals surface area contributed by atoms with E-state index in [9.17, 15) is 9.59 Å². The van der Waals surface area contributed by atoms with E-state index in [2.05, 4.69) is 15.8 Å². The maximum absolute atomic E-state index is 11.9. The lowest BCUT2D eigenvalue weighted by Gasteiger charge is -2.11. The fraction of sp³-hybridized carbons (Fsp3) is 0.333. The van der Waals surface area contributed by atoms with Gasteiger partial charge in [0.2, 0.25) is 5.91 Å². The summed E-state index contributed by atoms with van der Waals surface area (Å²) in [5.41, 5.74) is 6.73. The molecule has 1 unspecified atom stereocenters. The van der Waals surface area contributed by atoms with Gasteiger partial charge in [-0.05, 0) is 24.5 Å². The van der Waals surface area contributed by atoms with Gasteiger partial charge in [-0.25, -0.2) is 0 Å². The standard InChI is InChI=1S/C15H17N3O3/c19-14(17-18-15(20)13-6-3-7-21-13)8-10-9-16-12-5-2-1-4-11(10)12/h1-2,4-5,9,13,16H,3,6-8H2,(H,17,19)(H,18,20). The van der Waals surface area contributed by atoms with Crippen LogP contribution < -0.4 is 10.9 Å². The maximum Gasteiger partial charge on any atom is 0.267 e. The lowest BCUT2D eigenvalue weighted by atomic mass is 10.1. The second-order valence-electron chi connectivity index (χ2n) is 5.08. The molecule has 21 heavy (non-hydrogen) atoms.